The van der Waals surface area contributed by atoms with Gasteiger partial charge in [-0.25, -0.2) is 4.79 Å². The molecule has 0 aliphatic carbocycles. The van der Waals surface area contributed by atoms with Gasteiger partial charge in [0.05, 0.1) is 71.4 Å². The highest BCUT2D eigenvalue weighted by molar-refractivity contribution is 8.00. The molecule has 12 nitrogen and oxygen atoms in total. The number of thioether (sulfide) groups is 1. The molecule has 4 amide bonds. The highest BCUT2D eigenvalue weighted by Gasteiger charge is 2.42. The van der Waals surface area contributed by atoms with E-state index in [1.165, 1.54) is 0 Å². The smallest absolute Gasteiger partial charge is 0.315 e. The topological polar surface area (TPSA) is 131 Å². The minimum atomic E-state index is -0.0576. The van der Waals surface area contributed by atoms with Gasteiger partial charge in [-0.1, -0.05) is 6.42 Å². The van der Waals surface area contributed by atoms with Crippen molar-refractivity contribution in [1.82, 2.24) is 25.8 Å². The maximum absolute atomic E-state index is 12.1. The van der Waals surface area contributed by atoms with E-state index in [4.69, 9.17) is 18.9 Å². The van der Waals surface area contributed by atoms with Gasteiger partial charge in [-0.05, 0) is 19.9 Å². The second-order valence-corrected chi connectivity index (χ2v) is 11.4. The molecule has 3 heterocycles. The van der Waals surface area contributed by atoms with Crippen LogP contribution in [0, 0.1) is 0 Å². The Labute approximate surface area is 236 Å². The summed E-state index contributed by atoms with van der Waals surface area (Å²) in [7, 11) is 2.07. The first kappa shape index (κ1) is 31.9. The van der Waals surface area contributed by atoms with Crippen molar-refractivity contribution in [2.24, 2.45) is 0 Å². The number of urea groups is 1. The number of hydrogen-bond acceptors (Lipinski definition) is 9. The van der Waals surface area contributed by atoms with Crippen molar-refractivity contribution >= 4 is 29.6 Å². The molecular weight excluding hydrogens is 526 g/mol. The van der Waals surface area contributed by atoms with Crippen LogP contribution in [0.25, 0.3) is 0 Å². The van der Waals surface area contributed by atoms with Gasteiger partial charge in [-0.2, -0.15) is 11.8 Å². The molecule has 39 heavy (non-hydrogen) atoms. The number of carbonyl (C=O) groups is 3. The van der Waals surface area contributed by atoms with Crippen LogP contribution in [0.3, 0.4) is 0 Å². The number of nitrogens with zero attached hydrogens (tertiary/aromatic N) is 2. The number of rotatable bonds is 20. The molecular formula is C26H47N5O7S. The van der Waals surface area contributed by atoms with Gasteiger partial charge in [0.2, 0.25) is 11.8 Å². The fraction of sp³-hybridized carbons (Fsp3) is 0.885. The van der Waals surface area contributed by atoms with Gasteiger partial charge in [0.25, 0.3) is 0 Å². The van der Waals surface area contributed by atoms with Gasteiger partial charge in [-0.15, -0.1) is 0 Å². The molecule has 0 aromatic heterocycles. The highest BCUT2D eigenvalue weighted by Crippen LogP contribution is 2.33. The van der Waals surface area contributed by atoms with E-state index in [-0.39, 0.29) is 29.9 Å². The molecule has 0 saturated carbocycles. The van der Waals surface area contributed by atoms with E-state index in [1.807, 2.05) is 16.7 Å². The van der Waals surface area contributed by atoms with Gasteiger partial charge in [-0.3, -0.25) is 9.59 Å². The molecule has 3 aliphatic rings. The van der Waals surface area contributed by atoms with E-state index in [0.29, 0.717) is 77.5 Å². The summed E-state index contributed by atoms with van der Waals surface area (Å²) in [6.45, 7) is 7.63. The lowest BCUT2D eigenvalue weighted by molar-refractivity contribution is -0.134. The number of nitrogens with one attached hydrogen (secondary N) is 3. The van der Waals surface area contributed by atoms with Gasteiger partial charge < -0.3 is 44.7 Å². The van der Waals surface area contributed by atoms with Crippen molar-refractivity contribution in [3.63, 3.8) is 0 Å². The molecule has 3 N–H and O–H groups in total. The zero-order valence-corrected chi connectivity index (χ0v) is 24.1. The Morgan fingerprint density at radius 3 is 2.21 bits per heavy atom. The van der Waals surface area contributed by atoms with Crippen LogP contribution in [0.5, 0.6) is 0 Å². The molecule has 0 aromatic carbocycles. The number of likely N-dealkylation sites (N-methyl/N-ethyl adjacent to an activating group) is 1. The standard InChI is InChI=1S/C26H47N5O7S/c1-30-8-10-31(11-9-30)24(33)6-12-35-14-16-37-18-19-38-17-15-36-13-7-27-23(32)5-3-2-4-22-25-21(20-39-22)28-26(34)29-25/h21-22,25H,2-20H2,1H3,(H,27,32)(H2,28,29,34). The summed E-state index contributed by atoms with van der Waals surface area (Å²) >= 11 is 1.90. The molecule has 3 fully saturated rings. The SMILES string of the molecule is CN1CCN(C(=O)CCOCCOCCOCCOCCNC(=O)CCCCC2SCC3NC(=O)NC32)CC1. The van der Waals surface area contributed by atoms with Crippen molar-refractivity contribution in [3.8, 4) is 0 Å². The molecule has 0 radical (unpaired) electrons. The van der Waals surface area contributed by atoms with Crippen molar-refractivity contribution in [2.45, 2.75) is 49.4 Å². The summed E-state index contributed by atoms with van der Waals surface area (Å²) < 4.78 is 21.9. The summed E-state index contributed by atoms with van der Waals surface area (Å²) in [5, 5.41) is 9.28. The summed E-state index contributed by atoms with van der Waals surface area (Å²) in [6.07, 6.45) is 3.77. The normalized spacial score (nSPS) is 22.9. The Kier molecular flexibility index (Phi) is 15.3. The molecule has 3 aliphatic heterocycles. The first-order valence-corrected chi connectivity index (χ1v) is 15.3. The maximum Gasteiger partial charge on any atom is 0.315 e. The van der Waals surface area contributed by atoms with E-state index in [9.17, 15) is 14.4 Å². The summed E-state index contributed by atoms with van der Waals surface area (Å²) in [4.78, 5) is 39.7. The van der Waals surface area contributed by atoms with E-state index < -0.39 is 0 Å². The monoisotopic (exact) mass is 573 g/mol. The van der Waals surface area contributed by atoms with Gasteiger partial charge in [0, 0.05) is 50.1 Å². The Balaban J connectivity index is 0.999. The van der Waals surface area contributed by atoms with Crippen molar-refractivity contribution in [2.75, 3.05) is 98.4 Å². The second-order valence-electron chi connectivity index (χ2n) is 10.1. The van der Waals surface area contributed by atoms with Gasteiger partial charge in [0.15, 0.2) is 0 Å². The fourth-order valence-corrected chi connectivity index (χ4v) is 6.30. The fourth-order valence-electron chi connectivity index (χ4n) is 4.76. The third-order valence-electron chi connectivity index (χ3n) is 7.08. The molecule has 3 rings (SSSR count). The summed E-state index contributed by atoms with van der Waals surface area (Å²) in [6, 6.07) is 0.422. The number of amides is 4. The number of piperazine rings is 1. The van der Waals surface area contributed by atoms with Crippen LogP contribution >= 0.6 is 11.8 Å². The van der Waals surface area contributed by atoms with Crippen LogP contribution in [0.1, 0.15) is 32.1 Å². The minimum absolute atomic E-state index is 0.0467. The van der Waals surface area contributed by atoms with Crippen molar-refractivity contribution in [1.29, 1.82) is 0 Å². The minimum Gasteiger partial charge on any atom is -0.379 e. The molecule has 0 bridgehead atoms. The van der Waals surface area contributed by atoms with Crippen LogP contribution in [0.4, 0.5) is 4.79 Å². The third-order valence-corrected chi connectivity index (χ3v) is 8.59. The van der Waals surface area contributed by atoms with E-state index in [2.05, 4.69) is 27.9 Å². The first-order valence-electron chi connectivity index (χ1n) is 14.3. The summed E-state index contributed by atoms with van der Waals surface area (Å²) in [5.41, 5.74) is 0. The van der Waals surface area contributed by atoms with E-state index in [1.54, 1.807) is 0 Å². The van der Waals surface area contributed by atoms with Gasteiger partial charge >= 0.3 is 6.03 Å². The number of hydrogen-bond donors (Lipinski definition) is 3. The number of carbonyl (C=O) groups excluding carboxylic acids is 3. The molecule has 3 unspecified atom stereocenters. The Morgan fingerprint density at radius 1 is 0.872 bits per heavy atom. The van der Waals surface area contributed by atoms with E-state index >= 15 is 0 Å². The molecule has 0 aromatic rings. The molecule has 3 atom stereocenters. The predicted octanol–water partition coefficient (Wildman–Crippen LogP) is 0.0589. The van der Waals surface area contributed by atoms with Crippen LogP contribution < -0.4 is 16.0 Å². The average Bonchev–Trinajstić information content (AvgIpc) is 3.48. The molecule has 224 valence electrons. The Bertz CT molecular complexity index is 741. The zero-order valence-electron chi connectivity index (χ0n) is 23.3. The van der Waals surface area contributed by atoms with Crippen LogP contribution in [-0.2, 0) is 28.5 Å². The zero-order chi connectivity index (χ0) is 27.7. The Morgan fingerprint density at radius 2 is 1.51 bits per heavy atom. The first-order chi connectivity index (χ1) is 19.0. The van der Waals surface area contributed by atoms with Gasteiger partial charge in [0.1, 0.15) is 0 Å². The predicted molar refractivity (Wildman–Crippen MR) is 149 cm³/mol. The second kappa shape index (κ2) is 18.7. The molecule has 13 heteroatoms. The number of ether oxygens (including phenoxy) is 4. The number of unbranched alkanes of at least 4 members (excludes halogenated alkanes) is 1. The summed E-state index contributed by atoms with van der Waals surface area (Å²) in [5.74, 6) is 1.17. The quantitative estimate of drug-likeness (QED) is 0.137. The van der Waals surface area contributed by atoms with E-state index in [0.717, 1.165) is 51.2 Å². The van der Waals surface area contributed by atoms with Crippen LogP contribution in [-0.4, -0.2) is 143 Å². The van der Waals surface area contributed by atoms with Crippen molar-refractivity contribution in [3.05, 3.63) is 0 Å². The lowest BCUT2D eigenvalue weighted by atomic mass is 10.0. The highest BCUT2D eigenvalue weighted by atomic mass is 32.2. The number of fused-ring (bicyclic) bond motifs is 1. The van der Waals surface area contributed by atoms with Crippen molar-refractivity contribution < 1.29 is 33.3 Å². The lowest BCUT2D eigenvalue weighted by Gasteiger charge is -2.32. The largest absolute Gasteiger partial charge is 0.379 e. The average molecular weight is 574 g/mol. The molecule has 3 saturated heterocycles. The Hall–Kier alpha value is -1.64. The van der Waals surface area contributed by atoms with Crippen LogP contribution in [0.2, 0.25) is 0 Å². The third kappa shape index (κ3) is 12.6. The molecule has 0 spiro atoms. The maximum atomic E-state index is 12.1. The van der Waals surface area contributed by atoms with Crippen LogP contribution in [0.15, 0.2) is 0 Å². The lowest BCUT2D eigenvalue weighted by Crippen LogP contribution is -2.47.